The van der Waals surface area contributed by atoms with Crippen LogP contribution in [0.5, 0.6) is 0 Å². The Labute approximate surface area is 202 Å². The lowest BCUT2D eigenvalue weighted by Crippen LogP contribution is -2.42. The first-order valence-corrected chi connectivity index (χ1v) is 13.9. The van der Waals surface area contributed by atoms with E-state index in [1.807, 2.05) is 0 Å². The van der Waals surface area contributed by atoms with Crippen molar-refractivity contribution in [2.75, 3.05) is 13.1 Å². The largest absolute Gasteiger partial charge is 0.243 e. The molecule has 4 rings (SSSR count). The first kappa shape index (κ1) is 24.2. The van der Waals surface area contributed by atoms with Crippen LogP contribution in [-0.2, 0) is 19.9 Å². The molecule has 1 aliphatic rings. The van der Waals surface area contributed by atoms with E-state index in [0.29, 0.717) is 10.0 Å². The SMILES string of the molecule is O=S(=O)(c1ccc(F)cc1)C1CCN(S(=O)(=O)c2ccc(-c3ccc(Cl)c(Cl)c3)cc2)CC1. The average Bonchev–Trinajstić information content (AvgIpc) is 2.81. The van der Waals surface area contributed by atoms with Crippen molar-refractivity contribution in [1.29, 1.82) is 0 Å². The first-order chi connectivity index (χ1) is 15.6. The number of benzene rings is 3. The summed E-state index contributed by atoms with van der Waals surface area (Å²) in [5, 5.41) is 0.125. The highest BCUT2D eigenvalue weighted by molar-refractivity contribution is 7.92. The molecule has 174 valence electrons. The van der Waals surface area contributed by atoms with Gasteiger partial charge in [0.05, 0.1) is 25.1 Å². The quantitative estimate of drug-likeness (QED) is 0.415. The number of hydrogen-bond acceptors (Lipinski definition) is 4. The maximum atomic E-state index is 13.1. The van der Waals surface area contributed by atoms with Crippen molar-refractivity contribution in [1.82, 2.24) is 4.31 Å². The lowest BCUT2D eigenvalue weighted by Gasteiger charge is -2.31. The summed E-state index contributed by atoms with van der Waals surface area (Å²) in [6.07, 6.45) is 0.334. The van der Waals surface area contributed by atoms with Crippen LogP contribution < -0.4 is 0 Å². The number of piperidine rings is 1. The third kappa shape index (κ3) is 4.95. The van der Waals surface area contributed by atoms with Gasteiger partial charge in [-0.3, -0.25) is 0 Å². The van der Waals surface area contributed by atoms with Crippen LogP contribution in [0.2, 0.25) is 10.0 Å². The van der Waals surface area contributed by atoms with Crippen molar-refractivity contribution < 1.29 is 21.2 Å². The van der Waals surface area contributed by atoms with E-state index < -0.39 is 30.9 Å². The Morgan fingerprint density at radius 1 is 0.727 bits per heavy atom. The Morgan fingerprint density at radius 2 is 1.27 bits per heavy atom. The van der Waals surface area contributed by atoms with Crippen LogP contribution in [0.4, 0.5) is 4.39 Å². The van der Waals surface area contributed by atoms with Gasteiger partial charge in [0, 0.05) is 13.1 Å². The lowest BCUT2D eigenvalue weighted by atomic mass is 10.1. The number of rotatable bonds is 5. The summed E-state index contributed by atoms with van der Waals surface area (Å²) in [5.74, 6) is -0.514. The molecule has 0 atom stereocenters. The monoisotopic (exact) mass is 527 g/mol. The Bertz CT molecular complexity index is 1370. The lowest BCUT2D eigenvalue weighted by molar-refractivity contribution is 0.345. The molecular formula is C23H20Cl2FNO4S2. The normalized spacial score (nSPS) is 16.1. The van der Waals surface area contributed by atoms with E-state index in [0.717, 1.165) is 23.3 Å². The van der Waals surface area contributed by atoms with Gasteiger partial charge in [0.1, 0.15) is 5.82 Å². The second-order valence-electron chi connectivity index (χ2n) is 7.76. The van der Waals surface area contributed by atoms with Crippen molar-refractivity contribution in [2.24, 2.45) is 0 Å². The first-order valence-electron chi connectivity index (χ1n) is 10.1. The van der Waals surface area contributed by atoms with Crippen LogP contribution in [0.25, 0.3) is 11.1 Å². The van der Waals surface area contributed by atoms with E-state index in [1.165, 1.54) is 28.6 Å². The average molecular weight is 528 g/mol. The van der Waals surface area contributed by atoms with Gasteiger partial charge in [-0.05, 0) is 72.5 Å². The van der Waals surface area contributed by atoms with Crippen LogP contribution in [0.1, 0.15) is 12.8 Å². The summed E-state index contributed by atoms with van der Waals surface area (Å²) in [6, 6.07) is 16.3. The van der Waals surface area contributed by atoms with Gasteiger partial charge in [-0.15, -0.1) is 0 Å². The van der Waals surface area contributed by atoms with Gasteiger partial charge in [0.25, 0.3) is 0 Å². The van der Waals surface area contributed by atoms with Crippen LogP contribution in [0, 0.1) is 5.82 Å². The van der Waals surface area contributed by atoms with Crippen molar-refractivity contribution in [3.05, 3.63) is 82.6 Å². The summed E-state index contributed by atoms with van der Waals surface area (Å²) in [4.78, 5) is 0.175. The molecule has 0 radical (unpaired) electrons. The highest BCUT2D eigenvalue weighted by Crippen LogP contribution is 2.31. The molecule has 0 aromatic heterocycles. The van der Waals surface area contributed by atoms with E-state index in [9.17, 15) is 21.2 Å². The predicted octanol–water partition coefficient (Wildman–Crippen LogP) is 5.43. The summed E-state index contributed by atoms with van der Waals surface area (Å²) >= 11 is 12.0. The Hall–Kier alpha value is -1.97. The van der Waals surface area contributed by atoms with E-state index in [2.05, 4.69) is 0 Å². The maximum absolute atomic E-state index is 13.1. The third-order valence-corrected chi connectivity index (χ3v) is 10.7. The minimum Gasteiger partial charge on any atom is -0.223 e. The van der Waals surface area contributed by atoms with Gasteiger partial charge in [0.15, 0.2) is 9.84 Å². The van der Waals surface area contributed by atoms with Crippen molar-refractivity contribution in [2.45, 2.75) is 27.9 Å². The highest BCUT2D eigenvalue weighted by Gasteiger charge is 2.35. The zero-order valence-corrected chi connectivity index (χ0v) is 20.4. The molecule has 1 heterocycles. The summed E-state index contributed by atoms with van der Waals surface area (Å²) < 4.78 is 66.3. The molecule has 1 aliphatic heterocycles. The molecule has 0 unspecified atom stereocenters. The van der Waals surface area contributed by atoms with Crippen LogP contribution in [0.15, 0.2) is 76.5 Å². The zero-order valence-electron chi connectivity index (χ0n) is 17.3. The summed E-state index contributed by atoms with van der Waals surface area (Å²) in [5.41, 5.74) is 1.59. The van der Waals surface area contributed by atoms with Crippen molar-refractivity contribution >= 4 is 43.1 Å². The molecule has 5 nitrogen and oxygen atoms in total. The molecule has 0 bridgehead atoms. The minimum absolute atomic E-state index is 0.0445. The van der Waals surface area contributed by atoms with Crippen molar-refractivity contribution in [3.63, 3.8) is 0 Å². The number of sulfone groups is 1. The van der Waals surface area contributed by atoms with Gasteiger partial charge >= 0.3 is 0 Å². The van der Waals surface area contributed by atoms with Gasteiger partial charge in [-0.1, -0.05) is 41.4 Å². The predicted molar refractivity (Wildman–Crippen MR) is 127 cm³/mol. The van der Waals surface area contributed by atoms with Gasteiger partial charge < -0.3 is 0 Å². The molecule has 0 spiro atoms. The Balaban J connectivity index is 1.47. The van der Waals surface area contributed by atoms with Crippen LogP contribution >= 0.6 is 23.2 Å². The summed E-state index contributed by atoms with van der Waals surface area (Å²) in [6.45, 7) is 0.171. The standard InChI is InChI=1S/C23H20Cl2FNO4S2/c24-22-10-3-17(15-23(22)25)16-1-6-21(7-2-16)33(30,31)27-13-11-20(12-14-27)32(28,29)19-8-4-18(26)5-9-19/h1-10,15,20H,11-14H2. The second-order valence-corrected chi connectivity index (χ2v) is 12.7. The molecule has 10 heteroatoms. The number of nitrogens with zero attached hydrogens (tertiary/aromatic N) is 1. The number of hydrogen-bond donors (Lipinski definition) is 0. The van der Waals surface area contributed by atoms with E-state index in [4.69, 9.17) is 23.2 Å². The van der Waals surface area contributed by atoms with Gasteiger partial charge in [0.2, 0.25) is 10.0 Å². The smallest absolute Gasteiger partial charge is 0.223 e. The topological polar surface area (TPSA) is 71.5 Å². The van der Waals surface area contributed by atoms with E-state index >= 15 is 0 Å². The molecule has 0 amide bonds. The van der Waals surface area contributed by atoms with E-state index in [-0.39, 0.29) is 35.7 Å². The second kappa shape index (κ2) is 9.35. The van der Waals surface area contributed by atoms with E-state index in [1.54, 1.807) is 30.3 Å². The zero-order chi connectivity index (χ0) is 23.8. The Morgan fingerprint density at radius 3 is 1.85 bits per heavy atom. The summed E-state index contributed by atoms with van der Waals surface area (Å²) in [7, 11) is -7.44. The molecule has 3 aromatic carbocycles. The minimum atomic E-state index is -3.77. The molecule has 0 aliphatic carbocycles. The fourth-order valence-corrected chi connectivity index (χ4v) is 7.34. The van der Waals surface area contributed by atoms with Gasteiger partial charge in [-0.25, -0.2) is 21.2 Å². The Kier molecular flexibility index (Phi) is 6.85. The molecule has 0 N–H and O–H groups in total. The number of halogens is 3. The molecule has 33 heavy (non-hydrogen) atoms. The van der Waals surface area contributed by atoms with Crippen LogP contribution in [-0.4, -0.2) is 39.5 Å². The van der Waals surface area contributed by atoms with Crippen LogP contribution in [0.3, 0.4) is 0 Å². The fourth-order valence-electron chi connectivity index (χ4n) is 3.84. The fraction of sp³-hybridized carbons (Fsp3) is 0.217. The van der Waals surface area contributed by atoms with Gasteiger partial charge in [-0.2, -0.15) is 4.31 Å². The molecule has 1 fully saturated rings. The molecule has 3 aromatic rings. The maximum Gasteiger partial charge on any atom is 0.243 e. The highest BCUT2D eigenvalue weighted by atomic mass is 35.5. The molecule has 0 saturated carbocycles. The van der Waals surface area contributed by atoms with Crippen molar-refractivity contribution in [3.8, 4) is 11.1 Å². The molecular weight excluding hydrogens is 508 g/mol. The third-order valence-electron chi connectivity index (χ3n) is 5.73. The number of sulfonamides is 1. The molecule has 1 saturated heterocycles.